The lowest BCUT2D eigenvalue weighted by atomic mass is 10.1. The first-order valence-electron chi connectivity index (χ1n) is 3.46. The summed E-state index contributed by atoms with van der Waals surface area (Å²) in [5.41, 5.74) is 3.02. The Morgan fingerprint density at radius 2 is 2.70 bits per heavy atom. The summed E-state index contributed by atoms with van der Waals surface area (Å²) >= 11 is 0. The monoisotopic (exact) mass is 135 g/mol. The van der Waals surface area contributed by atoms with Crippen molar-refractivity contribution in [3.05, 3.63) is 29.7 Å². The van der Waals surface area contributed by atoms with E-state index in [0.717, 1.165) is 18.9 Å². The van der Waals surface area contributed by atoms with Crippen LogP contribution in [0.1, 0.15) is 0 Å². The van der Waals surface area contributed by atoms with E-state index in [2.05, 4.69) is 11.0 Å². The Morgan fingerprint density at radius 1 is 1.70 bits per heavy atom. The van der Waals surface area contributed by atoms with Crippen LogP contribution in [0.5, 0.6) is 0 Å². The van der Waals surface area contributed by atoms with Crippen LogP contribution in [0.4, 0.5) is 0 Å². The van der Waals surface area contributed by atoms with Crippen molar-refractivity contribution in [2.24, 2.45) is 0 Å². The zero-order chi connectivity index (χ0) is 6.81. The Morgan fingerprint density at radius 3 is 3.60 bits per heavy atom. The van der Waals surface area contributed by atoms with Crippen LogP contribution in [0.15, 0.2) is 29.7 Å². The first kappa shape index (κ1) is 5.78. The van der Waals surface area contributed by atoms with Crippen molar-refractivity contribution in [3.63, 3.8) is 0 Å². The third kappa shape index (κ3) is 0.878. The first-order valence-corrected chi connectivity index (χ1v) is 3.46. The van der Waals surface area contributed by atoms with Crippen LogP contribution in [0.25, 0.3) is 0 Å². The molecule has 0 saturated carbocycles. The zero-order valence-electron chi connectivity index (χ0n) is 5.63. The minimum Gasteiger partial charge on any atom is -0.495 e. The van der Waals surface area contributed by atoms with Gasteiger partial charge in [-0.15, -0.1) is 5.73 Å². The number of allylic oxidation sites excluding steroid dienone is 1. The fourth-order valence-electron chi connectivity index (χ4n) is 1.15. The van der Waals surface area contributed by atoms with Crippen LogP contribution in [0.2, 0.25) is 0 Å². The molecule has 1 aliphatic carbocycles. The van der Waals surface area contributed by atoms with E-state index in [4.69, 9.17) is 4.74 Å². The van der Waals surface area contributed by atoms with Crippen LogP contribution >= 0.6 is 0 Å². The molecule has 0 spiro atoms. The second-order valence-corrected chi connectivity index (χ2v) is 2.35. The molecule has 2 aliphatic rings. The SMILES string of the molecule is C1=CC=C2OCCNC2C=1. The van der Waals surface area contributed by atoms with E-state index >= 15 is 0 Å². The third-order valence-electron chi connectivity index (χ3n) is 1.65. The van der Waals surface area contributed by atoms with Crippen LogP contribution in [0.3, 0.4) is 0 Å². The van der Waals surface area contributed by atoms with E-state index in [-0.39, 0.29) is 6.04 Å². The molecule has 0 amide bonds. The molecule has 0 aromatic carbocycles. The van der Waals surface area contributed by atoms with Gasteiger partial charge in [0.05, 0.1) is 6.04 Å². The maximum absolute atomic E-state index is 5.38. The van der Waals surface area contributed by atoms with Crippen molar-refractivity contribution in [2.75, 3.05) is 13.2 Å². The molecule has 2 nitrogen and oxygen atoms in total. The van der Waals surface area contributed by atoms with Gasteiger partial charge in [-0.25, -0.2) is 0 Å². The van der Waals surface area contributed by atoms with E-state index in [1.807, 2.05) is 18.2 Å². The Kier molecular flexibility index (Phi) is 1.35. The minimum absolute atomic E-state index is 0.277. The third-order valence-corrected chi connectivity index (χ3v) is 1.65. The van der Waals surface area contributed by atoms with Crippen molar-refractivity contribution < 1.29 is 4.74 Å². The Labute approximate surface area is 59.9 Å². The zero-order valence-corrected chi connectivity index (χ0v) is 5.63. The highest BCUT2D eigenvalue weighted by atomic mass is 16.5. The second-order valence-electron chi connectivity index (χ2n) is 2.35. The molecule has 1 saturated heterocycles. The van der Waals surface area contributed by atoms with Gasteiger partial charge in [0.1, 0.15) is 12.4 Å². The summed E-state index contributed by atoms with van der Waals surface area (Å²) in [6.07, 6.45) is 5.81. The number of morpholine rings is 1. The second kappa shape index (κ2) is 2.33. The smallest absolute Gasteiger partial charge is 0.118 e. The molecule has 2 rings (SSSR count). The number of ether oxygens (including phenoxy) is 1. The standard InChI is InChI=1S/C8H9NO/c1-2-4-8-7(3-1)9-5-6-10-8/h2-4,7,9H,5-6H2. The molecule has 1 heterocycles. The topological polar surface area (TPSA) is 21.3 Å². The Balaban J connectivity index is 2.24. The maximum Gasteiger partial charge on any atom is 0.118 e. The summed E-state index contributed by atoms with van der Waals surface area (Å²) in [4.78, 5) is 0. The largest absolute Gasteiger partial charge is 0.495 e. The summed E-state index contributed by atoms with van der Waals surface area (Å²) < 4.78 is 5.38. The minimum atomic E-state index is 0.277. The molecule has 1 N–H and O–H groups in total. The highest BCUT2D eigenvalue weighted by Crippen LogP contribution is 2.12. The average Bonchev–Trinajstić information content (AvgIpc) is 2.05. The highest BCUT2D eigenvalue weighted by molar-refractivity contribution is 5.24. The fraction of sp³-hybridized carbons (Fsp3) is 0.375. The lowest BCUT2D eigenvalue weighted by Gasteiger charge is -2.25. The van der Waals surface area contributed by atoms with Gasteiger partial charge in [0.2, 0.25) is 0 Å². The first-order chi connectivity index (χ1) is 4.97. The van der Waals surface area contributed by atoms with Gasteiger partial charge in [0, 0.05) is 6.54 Å². The van der Waals surface area contributed by atoms with Gasteiger partial charge in [0.15, 0.2) is 0 Å². The van der Waals surface area contributed by atoms with Gasteiger partial charge in [-0.1, -0.05) is 0 Å². The van der Waals surface area contributed by atoms with Crippen LogP contribution in [0, 0.1) is 0 Å². The number of rotatable bonds is 0. The molecule has 1 aliphatic heterocycles. The maximum atomic E-state index is 5.38. The van der Waals surface area contributed by atoms with Crippen LogP contribution in [-0.4, -0.2) is 19.2 Å². The molecular formula is C8H9NO. The van der Waals surface area contributed by atoms with Gasteiger partial charge in [-0.05, 0) is 18.2 Å². The lowest BCUT2D eigenvalue weighted by Crippen LogP contribution is -2.38. The Hall–Kier alpha value is -0.980. The van der Waals surface area contributed by atoms with Crippen molar-refractivity contribution in [1.29, 1.82) is 0 Å². The average molecular weight is 135 g/mol. The Bertz CT molecular complexity index is 223. The summed E-state index contributed by atoms with van der Waals surface area (Å²) in [5.74, 6) is 1.02. The molecule has 0 radical (unpaired) electrons. The van der Waals surface area contributed by atoms with Gasteiger partial charge < -0.3 is 10.1 Å². The molecular weight excluding hydrogens is 126 g/mol. The normalized spacial score (nSPS) is 28.8. The molecule has 2 heteroatoms. The summed E-state index contributed by atoms with van der Waals surface area (Å²) in [5, 5.41) is 3.29. The molecule has 52 valence electrons. The van der Waals surface area contributed by atoms with E-state index in [1.165, 1.54) is 0 Å². The van der Waals surface area contributed by atoms with Crippen molar-refractivity contribution in [3.8, 4) is 0 Å². The van der Waals surface area contributed by atoms with E-state index in [0.29, 0.717) is 0 Å². The molecule has 1 atom stereocenters. The van der Waals surface area contributed by atoms with Crippen molar-refractivity contribution in [1.82, 2.24) is 5.32 Å². The summed E-state index contributed by atoms with van der Waals surface area (Å²) in [6.45, 7) is 1.71. The number of hydrogen-bond donors (Lipinski definition) is 1. The summed E-state index contributed by atoms with van der Waals surface area (Å²) in [7, 11) is 0. The molecule has 0 bridgehead atoms. The quantitative estimate of drug-likeness (QED) is 0.491. The highest BCUT2D eigenvalue weighted by Gasteiger charge is 2.16. The molecule has 1 fully saturated rings. The van der Waals surface area contributed by atoms with E-state index < -0.39 is 0 Å². The van der Waals surface area contributed by atoms with Gasteiger partial charge in [0.25, 0.3) is 0 Å². The predicted octanol–water partition coefficient (Wildman–Crippen LogP) is 0.584. The van der Waals surface area contributed by atoms with E-state index in [1.54, 1.807) is 0 Å². The summed E-state index contributed by atoms with van der Waals surface area (Å²) in [6, 6.07) is 0.277. The van der Waals surface area contributed by atoms with Crippen LogP contribution < -0.4 is 5.32 Å². The van der Waals surface area contributed by atoms with Gasteiger partial charge in [-0.2, -0.15) is 0 Å². The van der Waals surface area contributed by atoms with Crippen molar-refractivity contribution >= 4 is 0 Å². The molecule has 1 unspecified atom stereocenters. The molecule has 0 aromatic rings. The predicted molar refractivity (Wildman–Crippen MR) is 38.5 cm³/mol. The fourth-order valence-corrected chi connectivity index (χ4v) is 1.15. The van der Waals surface area contributed by atoms with Crippen molar-refractivity contribution in [2.45, 2.75) is 6.04 Å². The van der Waals surface area contributed by atoms with Gasteiger partial charge in [-0.3, -0.25) is 0 Å². The van der Waals surface area contributed by atoms with Crippen LogP contribution in [-0.2, 0) is 4.74 Å². The molecule has 10 heavy (non-hydrogen) atoms. The van der Waals surface area contributed by atoms with Gasteiger partial charge >= 0.3 is 0 Å². The molecule has 0 aromatic heterocycles. The number of hydrogen-bond acceptors (Lipinski definition) is 2. The number of fused-ring (bicyclic) bond motifs is 1. The van der Waals surface area contributed by atoms with E-state index in [9.17, 15) is 0 Å². The number of nitrogens with one attached hydrogen (secondary N) is 1. The lowest BCUT2D eigenvalue weighted by molar-refractivity contribution is 0.160.